The second-order valence-corrected chi connectivity index (χ2v) is 6.29. The summed E-state index contributed by atoms with van der Waals surface area (Å²) in [5.41, 5.74) is 3.05. The predicted molar refractivity (Wildman–Crippen MR) is 102 cm³/mol. The van der Waals surface area contributed by atoms with Crippen molar-refractivity contribution < 1.29 is 9.32 Å². The molecule has 0 saturated carbocycles. The fourth-order valence-electron chi connectivity index (χ4n) is 2.80. The molecule has 26 heavy (non-hydrogen) atoms. The number of halogens is 1. The monoisotopic (exact) mass is 362 g/mol. The quantitative estimate of drug-likeness (QED) is 0.551. The molecule has 128 valence electrons. The zero-order valence-corrected chi connectivity index (χ0v) is 14.5. The molecule has 0 radical (unpaired) electrons. The van der Waals surface area contributed by atoms with Crippen LogP contribution in [0, 0.1) is 0 Å². The van der Waals surface area contributed by atoms with Gasteiger partial charge in [0, 0.05) is 22.7 Å². The Morgan fingerprint density at radius 1 is 1.00 bits per heavy atom. The van der Waals surface area contributed by atoms with E-state index in [1.807, 2.05) is 48.5 Å². The SMILES string of the molecule is O=C(NCc1ccccc1Cl)c1ccc2noc(-c3ccccc3)c2c1. The lowest BCUT2D eigenvalue weighted by molar-refractivity contribution is 0.0951. The van der Waals surface area contributed by atoms with Crippen molar-refractivity contribution in [3.63, 3.8) is 0 Å². The Labute approximate surface area is 155 Å². The van der Waals surface area contributed by atoms with Crippen LogP contribution in [0.3, 0.4) is 0 Å². The van der Waals surface area contributed by atoms with Crippen molar-refractivity contribution in [2.24, 2.45) is 0 Å². The minimum atomic E-state index is -0.174. The fourth-order valence-corrected chi connectivity index (χ4v) is 3.00. The molecule has 1 aromatic heterocycles. The van der Waals surface area contributed by atoms with Crippen molar-refractivity contribution in [3.8, 4) is 11.3 Å². The van der Waals surface area contributed by atoms with Gasteiger partial charge in [-0.05, 0) is 29.8 Å². The molecule has 0 aliphatic rings. The van der Waals surface area contributed by atoms with Crippen LogP contribution in [0.15, 0.2) is 77.3 Å². The first-order valence-corrected chi connectivity index (χ1v) is 8.56. The van der Waals surface area contributed by atoms with Gasteiger partial charge in [0.15, 0.2) is 5.76 Å². The standard InChI is InChI=1S/C21H15ClN2O2/c22-18-9-5-4-8-16(18)13-23-21(25)15-10-11-19-17(12-15)20(26-24-19)14-6-2-1-3-7-14/h1-12H,13H2,(H,23,25). The summed E-state index contributed by atoms with van der Waals surface area (Å²) in [6, 6.07) is 22.5. The van der Waals surface area contributed by atoms with Crippen LogP contribution in [0.25, 0.3) is 22.2 Å². The zero-order valence-electron chi connectivity index (χ0n) is 13.8. The maximum atomic E-state index is 12.5. The first-order valence-electron chi connectivity index (χ1n) is 8.19. The molecule has 1 heterocycles. The summed E-state index contributed by atoms with van der Waals surface area (Å²) in [6.07, 6.45) is 0. The Bertz CT molecular complexity index is 1070. The van der Waals surface area contributed by atoms with Gasteiger partial charge in [0.2, 0.25) is 0 Å². The van der Waals surface area contributed by atoms with E-state index in [4.69, 9.17) is 16.1 Å². The molecular formula is C21H15ClN2O2. The summed E-state index contributed by atoms with van der Waals surface area (Å²) < 4.78 is 5.48. The number of amides is 1. The second-order valence-electron chi connectivity index (χ2n) is 5.88. The average Bonchev–Trinajstić information content (AvgIpc) is 3.11. The van der Waals surface area contributed by atoms with Crippen LogP contribution in [-0.4, -0.2) is 11.1 Å². The van der Waals surface area contributed by atoms with Crippen molar-refractivity contribution in [1.29, 1.82) is 0 Å². The van der Waals surface area contributed by atoms with E-state index in [1.54, 1.807) is 24.3 Å². The van der Waals surface area contributed by atoms with E-state index in [1.165, 1.54) is 0 Å². The number of hydrogen-bond acceptors (Lipinski definition) is 3. The number of hydrogen-bond donors (Lipinski definition) is 1. The van der Waals surface area contributed by atoms with Crippen LogP contribution < -0.4 is 5.32 Å². The largest absolute Gasteiger partial charge is 0.355 e. The number of rotatable bonds is 4. The van der Waals surface area contributed by atoms with Crippen LogP contribution in [0.4, 0.5) is 0 Å². The molecule has 0 atom stereocenters. The molecule has 4 rings (SSSR count). The van der Waals surface area contributed by atoms with Gasteiger partial charge in [-0.3, -0.25) is 4.79 Å². The van der Waals surface area contributed by atoms with Crippen molar-refractivity contribution in [3.05, 3.63) is 88.9 Å². The van der Waals surface area contributed by atoms with Crippen LogP contribution in [0.1, 0.15) is 15.9 Å². The van der Waals surface area contributed by atoms with E-state index >= 15 is 0 Å². The first kappa shape index (κ1) is 16.4. The smallest absolute Gasteiger partial charge is 0.251 e. The van der Waals surface area contributed by atoms with Gasteiger partial charge in [0.25, 0.3) is 5.91 Å². The number of carbonyl (C=O) groups excluding carboxylic acids is 1. The topological polar surface area (TPSA) is 55.1 Å². The Kier molecular flexibility index (Phi) is 4.42. The third-order valence-corrected chi connectivity index (χ3v) is 4.54. The van der Waals surface area contributed by atoms with Crippen molar-refractivity contribution >= 4 is 28.4 Å². The molecule has 0 unspecified atom stereocenters. The predicted octanol–water partition coefficient (Wildman–Crippen LogP) is 5.08. The Hall–Kier alpha value is -3.11. The molecule has 1 N–H and O–H groups in total. The number of carbonyl (C=O) groups is 1. The highest BCUT2D eigenvalue weighted by molar-refractivity contribution is 6.31. The lowest BCUT2D eigenvalue weighted by Crippen LogP contribution is -2.22. The molecule has 0 aliphatic heterocycles. The molecule has 0 fully saturated rings. The van der Waals surface area contributed by atoms with E-state index in [-0.39, 0.29) is 5.91 Å². The molecule has 0 spiro atoms. The summed E-state index contributed by atoms with van der Waals surface area (Å²) in [5, 5.41) is 8.41. The summed E-state index contributed by atoms with van der Waals surface area (Å²) in [6.45, 7) is 0.367. The average molecular weight is 363 g/mol. The molecule has 5 heteroatoms. The maximum absolute atomic E-state index is 12.5. The number of aromatic nitrogens is 1. The molecule has 3 aromatic carbocycles. The highest BCUT2D eigenvalue weighted by Gasteiger charge is 2.14. The minimum absolute atomic E-state index is 0.174. The molecule has 0 aliphatic carbocycles. The van der Waals surface area contributed by atoms with Crippen molar-refractivity contribution in [2.45, 2.75) is 6.54 Å². The normalized spacial score (nSPS) is 10.8. The number of nitrogens with zero attached hydrogens (tertiary/aromatic N) is 1. The summed E-state index contributed by atoms with van der Waals surface area (Å²) in [4.78, 5) is 12.5. The van der Waals surface area contributed by atoms with Gasteiger partial charge in [-0.1, -0.05) is 65.3 Å². The second kappa shape index (κ2) is 7.02. The van der Waals surface area contributed by atoms with E-state index in [0.717, 1.165) is 16.5 Å². The third kappa shape index (κ3) is 3.19. The van der Waals surface area contributed by atoms with Crippen LogP contribution >= 0.6 is 11.6 Å². The number of nitrogens with one attached hydrogen (secondary N) is 1. The molecule has 0 saturated heterocycles. The van der Waals surface area contributed by atoms with Crippen molar-refractivity contribution in [1.82, 2.24) is 10.5 Å². The molecule has 1 amide bonds. The fraction of sp³-hybridized carbons (Fsp3) is 0.0476. The van der Waals surface area contributed by atoms with E-state index in [2.05, 4.69) is 10.5 Å². The number of benzene rings is 3. The molecule has 4 aromatic rings. The highest BCUT2D eigenvalue weighted by atomic mass is 35.5. The van der Waals surface area contributed by atoms with Crippen LogP contribution in [0.5, 0.6) is 0 Å². The summed E-state index contributed by atoms with van der Waals surface area (Å²) >= 11 is 6.13. The lowest BCUT2D eigenvalue weighted by atomic mass is 10.1. The maximum Gasteiger partial charge on any atom is 0.251 e. The van der Waals surface area contributed by atoms with Gasteiger partial charge in [0.1, 0.15) is 5.52 Å². The zero-order chi connectivity index (χ0) is 17.9. The van der Waals surface area contributed by atoms with Crippen LogP contribution in [-0.2, 0) is 6.54 Å². The van der Waals surface area contributed by atoms with Crippen molar-refractivity contribution in [2.75, 3.05) is 0 Å². The van der Waals surface area contributed by atoms with E-state index in [0.29, 0.717) is 28.4 Å². The Morgan fingerprint density at radius 2 is 1.77 bits per heavy atom. The summed E-state index contributed by atoms with van der Waals surface area (Å²) in [5.74, 6) is 0.480. The van der Waals surface area contributed by atoms with Crippen LogP contribution in [0.2, 0.25) is 5.02 Å². The van der Waals surface area contributed by atoms with Gasteiger partial charge in [-0.25, -0.2) is 0 Å². The van der Waals surface area contributed by atoms with Gasteiger partial charge in [-0.2, -0.15) is 0 Å². The summed E-state index contributed by atoms with van der Waals surface area (Å²) in [7, 11) is 0. The minimum Gasteiger partial charge on any atom is -0.355 e. The van der Waals surface area contributed by atoms with E-state index in [9.17, 15) is 4.79 Å². The van der Waals surface area contributed by atoms with Gasteiger partial charge < -0.3 is 9.84 Å². The third-order valence-electron chi connectivity index (χ3n) is 4.17. The Morgan fingerprint density at radius 3 is 2.58 bits per heavy atom. The molecular weight excluding hydrogens is 348 g/mol. The Balaban J connectivity index is 1.60. The first-order chi connectivity index (χ1) is 12.7. The highest BCUT2D eigenvalue weighted by Crippen LogP contribution is 2.29. The number of fused-ring (bicyclic) bond motifs is 1. The molecule has 0 bridgehead atoms. The van der Waals surface area contributed by atoms with Gasteiger partial charge in [-0.15, -0.1) is 0 Å². The van der Waals surface area contributed by atoms with Gasteiger partial charge >= 0.3 is 0 Å². The molecule has 4 nitrogen and oxygen atoms in total. The van der Waals surface area contributed by atoms with Gasteiger partial charge in [0.05, 0.1) is 5.39 Å². The lowest BCUT2D eigenvalue weighted by Gasteiger charge is -2.07. The van der Waals surface area contributed by atoms with E-state index < -0.39 is 0 Å².